The molecule has 4 rings (SSSR count). The molecule has 0 spiro atoms. The zero-order valence-electron chi connectivity index (χ0n) is 13.6. The molecule has 2 heterocycles. The van der Waals surface area contributed by atoms with Crippen molar-refractivity contribution in [2.24, 2.45) is 0 Å². The van der Waals surface area contributed by atoms with Crippen LogP contribution in [0.3, 0.4) is 0 Å². The highest BCUT2D eigenvalue weighted by molar-refractivity contribution is 6.03. The van der Waals surface area contributed by atoms with Gasteiger partial charge >= 0.3 is 0 Å². The molecule has 0 radical (unpaired) electrons. The maximum atomic E-state index is 12.9. The van der Waals surface area contributed by atoms with Gasteiger partial charge in [0.05, 0.1) is 6.04 Å². The highest BCUT2D eigenvalue weighted by Crippen LogP contribution is 2.33. The van der Waals surface area contributed by atoms with Crippen LogP contribution in [0.2, 0.25) is 0 Å². The smallest absolute Gasteiger partial charge is 0.263 e. The van der Waals surface area contributed by atoms with E-state index >= 15 is 0 Å². The summed E-state index contributed by atoms with van der Waals surface area (Å²) >= 11 is 0. The van der Waals surface area contributed by atoms with Crippen LogP contribution in [0, 0.1) is 0 Å². The fourth-order valence-electron chi connectivity index (χ4n) is 3.39. The summed E-state index contributed by atoms with van der Waals surface area (Å²) in [6, 6.07) is 14.8. The number of anilines is 1. The standard InChI is InChI=1S/C20H17N3O2/c24-19(22-15-9-11-21-12-10-15)17-6-3-13-23(20(17)25)18-8-7-14-4-1-2-5-16(14)18/h1-6,9-13,18H,7-8H2,(H,21,22,24)/t18-/m1/s1. The van der Waals surface area contributed by atoms with Crippen LogP contribution >= 0.6 is 0 Å². The molecule has 2 aromatic heterocycles. The predicted molar refractivity (Wildman–Crippen MR) is 95.8 cm³/mol. The van der Waals surface area contributed by atoms with Gasteiger partial charge in [-0.2, -0.15) is 0 Å². The summed E-state index contributed by atoms with van der Waals surface area (Å²) < 4.78 is 1.67. The Hall–Kier alpha value is -3.21. The third kappa shape index (κ3) is 2.85. The summed E-state index contributed by atoms with van der Waals surface area (Å²) in [5, 5.41) is 2.74. The molecule has 0 unspecified atom stereocenters. The number of carbonyl (C=O) groups excluding carboxylic acids is 1. The van der Waals surface area contributed by atoms with Gasteiger partial charge in [-0.1, -0.05) is 24.3 Å². The summed E-state index contributed by atoms with van der Waals surface area (Å²) in [5.41, 5.74) is 2.92. The number of hydrogen-bond donors (Lipinski definition) is 1. The zero-order valence-corrected chi connectivity index (χ0v) is 13.6. The fourth-order valence-corrected chi connectivity index (χ4v) is 3.39. The molecule has 0 aliphatic heterocycles. The minimum absolute atomic E-state index is 0.0163. The number of nitrogens with one attached hydrogen (secondary N) is 1. The predicted octanol–water partition coefficient (Wildman–Crippen LogP) is 3.03. The van der Waals surface area contributed by atoms with E-state index in [1.807, 2.05) is 12.1 Å². The first-order valence-electron chi connectivity index (χ1n) is 8.24. The van der Waals surface area contributed by atoms with Crippen LogP contribution < -0.4 is 10.9 Å². The van der Waals surface area contributed by atoms with Crippen LogP contribution in [-0.2, 0) is 6.42 Å². The second-order valence-corrected chi connectivity index (χ2v) is 6.08. The van der Waals surface area contributed by atoms with Crippen molar-refractivity contribution >= 4 is 11.6 Å². The molecule has 1 amide bonds. The van der Waals surface area contributed by atoms with Crippen molar-refractivity contribution in [2.75, 3.05) is 5.32 Å². The van der Waals surface area contributed by atoms with Gasteiger partial charge in [0.2, 0.25) is 0 Å². The molecule has 5 heteroatoms. The number of hydrogen-bond acceptors (Lipinski definition) is 3. The minimum atomic E-state index is -0.406. The third-order valence-electron chi connectivity index (χ3n) is 4.59. The normalized spacial score (nSPS) is 15.6. The van der Waals surface area contributed by atoms with Crippen LogP contribution in [0.1, 0.15) is 33.9 Å². The maximum Gasteiger partial charge on any atom is 0.263 e. The number of fused-ring (bicyclic) bond motifs is 1. The van der Waals surface area contributed by atoms with E-state index in [1.165, 1.54) is 5.56 Å². The Balaban J connectivity index is 1.68. The van der Waals surface area contributed by atoms with Crippen molar-refractivity contribution in [3.63, 3.8) is 0 Å². The van der Waals surface area contributed by atoms with E-state index in [4.69, 9.17) is 0 Å². The van der Waals surface area contributed by atoms with Gasteiger partial charge in [0.25, 0.3) is 11.5 Å². The Morgan fingerprint density at radius 3 is 2.72 bits per heavy atom. The Labute approximate surface area is 145 Å². The number of rotatable bonds is 3. The van der Waals surface area contributed by atoms with E-state index in [2.05, 4.69) is 22.4 Å². The molecule has 1 aliphatic carbocycles. The zero-order chi connectivity index (χ0) is 17.2. The Morgan fingerprint density at radius 1 is 1.08 bits per heavy atom. The monoisotopic (exact) mass is 331 g/mol. The molecule has 1 N–H and O–H groups in total. The molecular formula is C20H17N3O2. The average molecular weight is 331 g/mol. The van der Waals surface area contributed by atoms with Gasteiger partial charge in [0.15, 0.2) is 0 Å². The summed E-state index contributed by atoms with van der Waals surface area (Å²) in [6.07, 6.45) is 6.76. The van der Waals surface area contributed by atoms with Gasteiger partial charge in [-0.25, -0.2) is 0 Å². The molecule has 1 atom stereocenters. The van der Waals surface area contributed by atoms with Crippen molar-refractivity contribution in [2.45, 2.75) is 18.9 Å². The molecular weight excluding hydrogens is 314 g/mol. The van der Waals surface area contributed by atoms with E-state index < -0.39 is 5.91 Å². The Kier molecular flexibility index (Phi) is 3.90. The minimum Gasteiger partial charge on any atom is -0.322 e. The number of benzene rings is 1. The topological polar surface area (TPSA) is 64.0 Å². The van der Waals surface area contributed by atoms with E-state index in [1.54, 1.807) is 47.4 Å². The van der Waals surface area contributed by atoms with Crippen LogP contribution in [-0.4, -0.2) is 15.5 Å². The van der Waals surface area contributed by atoms with E-state index in [9.17, 15) is 9.59 Å². The number of amides is 1. The molecule has 0 bridgehead atoms. The molecule has 0 saturated carbocycles. The first-order valence-corrected chi connectivity index (χ1v) is 8.24. The summed E-state index contributed by atoms with van der Waals surface area (Å²) in [6.45, 7) is 0. The van der Waals surface area contributed by atoms with Gasteiger partial charge < -0.3 is 9.88 Å². The Morgan fingerprint density at radius 2 is 1.88 bits per heavy atom. The molecule has 1 aromatic carbocycles. The lowest BCUT2D eigenvalue weighted by Crippen LogP contribution is -2.30. The van der Waals surface area contributed by atoms with Crippen molar-refractivity contribution in [1.82, 2.24) is 9.55 Å². The maximum absolute atomic E-state index is 12.9. The van der Waals surface area contributed by atoms with Gasteiger partial charge in [-0.05, 0) is 48.2 Å². The SMILES string of the molecule is O=C(Nc1ccncc1)c1cccn([C@@H]2CCc3ccccc32)c1=O. The van der Waals surface area contributed by atoms with Crippen molar-refractivity contribution < 1.29 is 4.79 Å². The molecule has 0 fully saturated rings. The van der Waals surface area contributed by atoms with Crippen molar-refractivity contribution in [3.8, 4) is 0 Å². The van der Waals surface area contributed by atoms with Gasteiger partial charge in [-0.3, -0.25) is 14.6 Å². The number of nitrogens with zero attached hydrogens (tertiary/aromatic N) is 2. The first-order chi connectivity index (χ1) is 12.2. The lowest BCUT2D eigenvalue weighted by Gasteiger charge is -2.16. The van der Waals surface area contributed by atoms with Crippen LogP contribution in [0.15, 0.2) is 71.9 Å². The summed E-state index contributed by atoms with van der Waals surface area (Å²) in [5.74, 6) is -0.406. The number of pyridine rings is 2. The van der Waals surface area contributed by atoms with Gasteiger partial charge in [0.1, 0.15) is 5.56 Å². The second kappa shape index (κ2) is 6.36. The molecule has 3 aromatic rings. The third-order valence-corrected chi connectivity index (χ3v) is 4.59. The second-order valence-electron chi connectivity index (χ2n) is 6.08. The number of carbonyl (C=O) groups is 1. The lowest BCUT2D eigenvalue weighted by molar-refractivity contribution is 0.102. The van der Waals surface area contributed by atoms with Crippen LogP contribution in [0.4, 0.5) is 5.69 Å². The van der Waals surface area contributed by atoms with E-state index in [-0.39, 0.29) is 17.2 Å². The Bertz CT molecular complexity index is 979. The van der Waals surface area contributed by atoms with Crippen LogP contribution in [0.5, 0.6) is 0 Å². The fraction of sp³-hybridized carbons (Fsp3) is 0.150. The highest BCUT2D eigenvalue weighted by Gasteiger charge is 2.25. The number of aromatic nitrogens is 2. The summed E-state index contributed by atoms with van der Waals surface area (Å²) in [7, 11) is 0. The number of aryl methyl sites for hydroxylation is 1. The van der Waals surface area contributed by atoms with Crippen molar-refractivity contribution in [3.05, 3.63) is 94.2 Å². The average Bonchev–Trinajstić information content (AvgIpc) is 3.07. The molecule has 124 valence electrons. The van der Waals surface area contributed by atoms with E-state index in [0.29, 0.717) is 5.69 Å². The largest absolute Gasteiger partial charge is 0.322 e. The summed E-state index contributed by atoms with van der Waals surface area (Å²) in [4.78, 5) is 29.3. The highest BCUT2D eigenvalue weighted by atomic mass is 16.2. The first kappa shape index (κ1) is 15.3. The molecule has 5 nitrogen and oxygen atoms in total. The van der Waals surface area contributed by atoms with E-state index in [0.717, 1.165) is 18.4 Å². The van der Waals surface area contributed by atoms with Gasteiger partial charge in [0, 0.05) is 24.3 Å². The van der Waals surface area contributed by atoms with Gasteiger partial charge in [-0.15, -0.1) is 0 Å². The quantitative estimate of drug-likeness (QED) is 0.802. The van der Waals surface area contributed by atoms with Crippen molar-refractivity contribution in [1.29, 1.82) is 0 Å². The lowest BCUT2D eigenvalue weighted by atomic mass is 10.1. The van der Waals surface area contributed by atoms with Crippen LogP contribution in [0.25, 0.3) is 0 Å². The molecule has 25 heavy (non-hydrogen) atoms. The molecule has 0 saturated heterocycles. The molecule has 1 aliphatic rings.